The average molecular weight is 373 g/mol. The second-order valence-electron chi connectivity index (χ2n) is 6.34. The van der Waals surface area contributed by atoms with E-state index in [0.29, 0.717) is 37.4 Å². The van der Waals surface area contributed by atoms with Crippen molar-refractivity contribution in [3.63, 3.8) is 0 Å². The molecule has 0 saturated carbocycles. The lowest BCUT2D eigenvalue weighted by Gasteiger charge is -2.32. The van der Waals surface area contributed by atoms with Crippen LogP contribution in [0.2, 0.25) is 0 Å². The maximum atomic E-state index is 13.6. The number of nitro groups is 1. The first kappa shape index (κ1) is 18.6. The summed E-state index contributed by atoms with van der Waals surface area (Å²) >= 11 is 0. The van der Waals surface area contributed by atoms with Crippen molar-refractivity contribution in [1.29, 1.82) is 0 Å². The summed E-state index contributed by atoms with van der Waals surface area (Å²) in [6, 6.07) is 10.6. The largest absolute Gasteiger partial charge is 0.495 e. The number of rotatable bonds is 5. The molecule has 0 radical (unpaired) electrons. The molecule has 27 heavy (non-hydrogen) atoms. The van der Waals surface area contributed by atoms with Crippen molar-refractivity contribution in [3.05, 3.63) is 58.4 Å². The van der Waals surface area contributed by atoms with Crippen LogP contribution in [-0.4, -0.2) is 31.0 Å². The van der Waals surface area contributed by atoms with Gasteiger partial charge in [-0.05, 0) is 31.0 Å². The summed E-state index contributed by atoms with van der Waals surface area (Å²) in [7, 11) is 1.54. The molecule has 1 aliphatic heterocycles. The molecule has 1 N–H and O–H groups in total. The molecule has 1 saturated heterocycles. The molecule has 1 heterocycles. The van der Waals surface area contributed by atoms with Crippen molar-refractivity contribution >= 4 is 23.0 Å². The standard InChI is InChI=1S/C19H20FN3O4/c1-27-18-5-3-2-4-15(18)21-19(24)13-8-10-22(11-9-13)17-12-14(20)6-7-16(17)23(25)26/h2-7,12-13H,8-11H2,1H3,(H,21,24). The van der Waals surface area contributed by atoms with Crippen molar-refractivity contribution in [2.24, 2.45) is 5.92 Å². The van der Waals surface area contributed by atoms with Crippen molar-refractivity contribution in [1.82, 2.24) is 0 Å². The van der Waals surface area contributed by atoms with E-state index >= 15 is 0 Å². The zero-order valence-corrected chi connectivity index (χ0v) is 14.9. The number of carbonyl (C=O) groups is 1. The van der Waals surface area contributed by atoms with Crippen LogP contribution in [0.5, 0.6) is 5.75 Å². The number of nitrogens with zero attached hydrogens (tertiary/aromatic N) is 2. The van der Waals surface area contributed by atoms with Crippen LogP contribution >= 0.6 is 0 Å². The molecule has 0 unspecified atom stereocenters. The Bertz CT molecular complexity index is 851. The minimum atomic E-state index is -0.522. The predicted molar refractivity (Wildman–Crippen MR) is 99.6 cm³/mol. The molecule has 2 aromatic rings. The first-order chi connectivity index (χ1) is 13.0. The Morgan fingerprint density at radius 2 is 1.96 bits per heavy atom. The second kappa shape index (κ2) is 8.03. The van der Waals surface area contributed by atoms with Gasteiger partial charge in [-0.1, -0.05) is 12.1 Å². The minimum absolute atomic E-state index is 0.118. The van der Waals surface area contributed by atoms with Gasteiger partial charge in [0.05, 0.1) is 17.7 Å². The van der Waals surface area contributed by atoms with Gasteiger partial charge in [0.1, 0.15) is 17.3 Å². The first-order valence-corrected chi connectivity index (χ1v) is 8.62. The fourth-order valence-electron chi connectivity index (χ4n) is 3.27. The van der Waals surface area contributed by atoms with E-state index in [1.807, 2.05) is 12.1 Å². The quantitative estimate of drug-likeness (QED) is 0.639. The highest BCUT2D eigenvalue weighted by atomic mass is 19.1. The number of nitro benzene ring substituents is 1. The third kappa shape index (κ3) is 4.16. The van der Waals surface area contributed by atoms with E-state index in [-0.39, 0.29) is 23.2 Å². The van der Waals surface area contributed by atoms with Crippen molar-refractivity contribution in [2.75, 3.05) is 30.4 Å². The normalized spacial score (nSPS) is 14.7. The van der Waals surface area contributed by atoms with E-state index in [1.54, 1.807) is 17.0 Å². The molecule has 0 spiro atoms. The molecular weight excluding hydrogens is 353 g/mol. The second-order valence-corrected chi connectivity index (χ2v) is 6.34. The molecule has 2 aromatic carbocycles. The Morgan fingerprint density at radius 1 is 1.26 bits per heavy atom. The number of ether oxygens (including phenoxy) is 1. The van der Waals surface area contributed by atoms with E-state index in [1.165, 1.54) is 19.2 Å². The fourth-order valence-corrected chi connectivity index (χ4v) is 3.27. The maximum absolute atomic E-state index is 13.6. The molecular formula is C19H20FN3O4. The Kier molecular flexibility index (Phi) is 5.54. The summed E-state index contributed by atoms with van der Waals surface area (Å²) in [4.78, 5) is 25.0. The Hall–Kier alpha value is -3.16. The fraction of sp³-hybridized carbons (Fsp3) is 0.316. The Morgan fingerprint density at radius 3 is 2.63 bits per heavy atom. The molecule has 0 aromatic heterocycles. The van der Waals surface area contributed by atoms with E-state index in [4.69, 9.17) is 4.74 Å². The third-order valence-electron chi connectivity index (χ3n) is 4.71. The average Bonchev–Trinajstić information content (AvgIpc) is 2.68. The van der Waals surface area contributed by atoms with Gasteiger partial charge in [0.15, 0.2) is 0 Å². The summed E-state index contributed by atoms with van der Waals surface area (Å²) in [6.45, 7) is 0.878. The lowest BCUT2D eigenvalue weighted by Crippen LogP contribution is -2.38. The number of amides is 1. The van der Waals surface area contributed by atoms with Crippen LogP contribution < -0.4 is 15.0 Å². The van der Waals surface area contributed by atoms with E-state index < -0.39 is 10.7 Å². The number of carbonyl (C=O) groups excluding carboxylic acids is 1. The number of hydrogen-bond donors (Lipinski definition) is 1. The zero-order chi connectivity index (χ0) is 19.4. The molecule has 1 aliphatic rings. The van der Waals surface area contributed by atoms with Crippen molar-refractivity contribution < 1.29 is 18.8 Å². The van der Waals surface area contributed by atoms with Crippen LogP contribution in [0, 0.1) is 21.8 Å². The summed E-state index contributed by atoms with van der Waals surface area (Å²) in [6.07, 6.45) is 1.04. The van der Waals surface area contributed by atoms with E-state index in [9.17, 15) is 19.3 Å². The van der Waals surface area contributed by atoms with E-state index in [0.717, 1.165) is 6.07 Å². The first-order valence-electron chi connectivity index (χ1n) is 8.62. The smallest absolute Gasteiger partial charge is 0.292 e. The molecule has 1 amide bonds. The number of methoxy groups -OCH3 is 1. The third-order valence-corrected chi connectivity index (χ3v) is 4.71. The van der Waals surface area contributed by atoms with Gasteiger partial charge in [-0.25, -0.2) is 4.39 Å². The lowest BCUT2D eigenvalue weighted by molar-refractivity contribution is -0.384. The van der Waals surface area contributed by atoms with Crippen LogP contribution in [-0.2, 0) is 4.79 Å². The van der Waals surface area contributed by atoms with Gasteiger partial charge in [0.2, 0.25) is 5.91 Å². The highest BCUT2D eigenvalue weighted by molar-refractivity contribution is 5.94. The van der Waals surface area contributed by atoms with Crippen LogP contribution in [0.1, 0.15) is 12.8 Å². The van der Waals surface area contributed by atoms with Crippen LogP contribution in [0.25, 0.3) is 0 Å². The summed E-state index contributed by atoms with van der Waals surface area (Å²) in [5.41, 5.74) is 0.727. The number of anilines is 2. The highest BCUT2D eigenvalue weighted by Crippen LogP contribution is 2.33. The van der Waals surface area contributed by atoms with Crippen LogP contribution in [0.4, 0.5) is 21.5 Å². The number of halogens is 1. The molecule has 1 fully saturated rings. The Balaban J connectivity index is 1.66. The van der Waals surface area contributed by atoms with Crippen LogP contribution in [0.3, 0.4) is 0 Å². The summed E-state index contributed by atoms with van der Waals surface area (Å²) < 4.78 is 18.8. The Labute approximate surface area is 155 Å². The molecule has 8 heteroatoms. The van der Waals surface area contributed by atoms with Gasteiger partial charge in [-0.15, -0.1) is 0 Å². The predicted octanol–water partition coefficient (Wildman–Crippen LogP) is 3.60. The molecule has 142 valence electrons. The van der Waals surface area contributed by atoms with Gasteiger partial charge < -0.3 is 15.0 Å². The SMILES string of the molecule is COc1ccccc1NC(=O)C1CCN(c2cc(F)ccc2[N+](=O)[O-])CC1. The van der Waals surface area contributed by atoms with Crippen LogP contribution in [0.15, 0.2) is 42.5 Å². The summed E-state index contributed by atoms with van der Waals surface area (Å²) in [5, 5.41) is 14.1. The molecule has 0 bridgehead atoms. The maximum Gasteiger partial charge on any atom is 0.292 e. The van der Waals surface area contributed by atoms with Gasteiger partial charge in [0.25, 0.3) is 5.69 Å². The number of piperidine rings is 1. The number of para-hydroxylation sites is 2. The number of benzene rings is 2. The number of hydrogen-bond acceptors (Lipinski definition) is 5. The monoisotopic (exact) mass is 373 g/mol. The number of nitrogens with one attached hydrogen (secondary N) is 1. The van der Waals surface area contributed by atoms with E-state index in [2.05, 4.69) is 5.32 Å². The zero-order valence-electron chi connectivity index (χ0n) is 14.9. The molecule has 0 aliphatic carbocycles. The van der Waals surface area contributed by atoms with Crippen molar-refractivity contribution in [3.8, 4) is 5.75 Å². The molecule has 7 nitrogen and oxygen atoms in total. The van der Waals surface area contributed by atoms with Gasteiger partial charge in [-0.3, -0.25) is 14.9 Å². The van der Waals surface area contributed by atoms with Gasteiger partial charge >= 0.3 is 0 Å². The summed E-state index contributed by atoms with van der Waals surface area (Å²) in [5.74, 6) is -0.281. The topological polar surface area (TPSA) is 84.7 Å². The lowest BCUT2D eigenvalue weighted by atomic mass is 9.95. The highest BCUT2D eigenvalue weighted by Gasteiger charge is 2.29. The molecule has 3 rings (SSSR count). The molecule has 0 atom stereocenters. The van der Waals surface area contributed by atoms with Crippen molar-refractivity contribution in [2.45, 2.75) is 12.8 Å². The van der Waals surface area contributed by atoms with Gasteiger partial charge in [0, 0.05) is 31.1 Å². The minimum Gasteiger partial charge on any atom is -0.495 e. The van der Waals surface area contributed by atoms with Gasteiger partial charge in [-0.2, -0.15) is 0 Å².